The van der Waals surface area contributed by atoms with Crippen molar-refractivity contribution in [2.24, 2.45) is 0 Å². The molecule has 1 N–H and O–H groups in total. The third-order valence-corrected chi connectivity index (χ3v) is 5.77. The normalized spacial score (nSPS) is 15.6. The fraction of sp³-hybridized carbons (Fsp3) is 0.294. The van der Waals surface area contributed by atoms with Gasteiger partial charge in [-0.1, -0.05) is 28.1 Å². The minimum Gasteiger partial charge on any atom is -0.465 e. The maximum absolute atomic E-state index is 12.6. The smallest absolute Gasteiger partial charge is 0.348 e. The van der Waals surface area contributed by atoms with Crippen molar-refractivity contribution < 1.29 is 14.3 Å². The van der Waals surface area contributed by atoms with E-state index in [9.17, 15) is 9.59 Å². The van der Waals surface area contributed by atoms with E-state index in [0.717, 1.165) is 40.6 Å². The Kier molecular flexibility index (Phi) is 4.55. The highest BCUT2D eigenvalue weighted by molar-refractivity contribution is 9.10. The van der Waals surface area contributed by atoms with E-state index in [1.165, 1.54) is 7.11 Å². The summed E-state index contributed by atoms with van der Waals surface area (Å²) in [5.74, 6) is -0.562. The number of benzene rings is 1. The van der Waals surface area contributed by atoms with Gasteiger partial charge < -0.3 is 10.1 Å². The molecule has 1 fully saturated rings. The van der Waals surface area contributed by atoms with E-state index in [1.54, 1.807) is 12.1 Å². The number of carbonyl (C=O) groups is 2. The third-order valence-electron chi connectivity index (χ3n) is 4.17. The minimum absolute atomic E-state index is 0.146. The van der Waals surface area contributed by atoms with Crippen LogP contribution in [0.3, 0.4) is 0 Å². The molecule has 1 saturated carbocycles. The number of rotatable bonds is 4. The SMILES string of the molecule is COC(=O)c1ccc(C(=O)NC2(c3ccc(Br)cc3)CCC2)s1. The molecule has 1 aromatic carbocycles. The number of halogens is 1. The molecule has 0 spiro atoms. The van der Waals surface area contributed by atoms with Crippen LogP contribution in [0.5, 0.6) is 0 Å². The Morgan fingerprint density at radius 3 is 2.35 bits per heavy atom. The molecule has 6 heteroatoms. The Bertz CT molecular complexity index is 735. The first-order valence-corrected chi connectivity index (χ1v) is 8.92. The van der Waals surface area contributed by atoms with E-state index < -0.39 is 5.97 Å². The summed E-state index contributed by atoms with van der Waals surface area (Å²) in [7, 11) is 1.33. The fourth-order valence-corrected chi connectivity index (χ4v) is 3.82. The van der Waals surface area contributed by atoms with Crippen LogP contribution >= 0.6 is 27.3 Å². The zero-order chi connectivity index (χ0) is 16.4. The van der Waals surface area contributed by atoms with E-state index in [2.05, 4.69) is 26.0 Å². The Labute approximate surface area is 147 Å². The van der Waals surface area contributed by atoms with Crippen LogP contribution in [-0.4, -0.2) is 19.0 Å². The summed E-state index contributed by atoms with van der Waals surface area (Å²) in [5.41, 5.74) is 0.817. The van der Waals surface area contributed by atoms with Crippen molar-refractivity contribution >= 4 is 39.1 Å². The first-order chi connectivity index (χ1) is 11.0. The number of ether oxygens (including phenoxy) is 1. The van der Waals surface area contributed by atoms with Crippen LogP contribution in [-0.2, 0) is 10.3 Å². The average molecular weight is 394 g/mol. The number of nitrogens with one attached hydrogen (secondary N) is 1. The van der Waals surface area contributed by atoms with Gasteiger partial charge in [0.15, 0.2) is 0 Å². The van der Waals surface area contributed by atoms with Crippen molar-refractivity contribution in [3.05, 3.63) is 56.2 Å². The molecule has 0 unspecified atom stereocenters. The Morgan fingerprint density at radius 1 is 1.13 bits per heavy atom. The van der Waals surface area contributed by atoms with Crippen molar-refractivity contribution in [2.45, 2.75) is 24.8 Å². The minimum atomic E-state index is -0.416. The molecule has 2 aromatic rings. The second kappa shape index (κ2) is 6.45. The van der Waals surface area contributed by atoms with Crippen LogP contribution in [0.4, 0.5) is 0 Å². The monoisotopic (exact) mass is 393 g/mol. The van der Waals surface area contributed by atoms with Gasteiger partial charge in [0.05, 0.1) is 17.5 Å². The number of esters is 1. The maximum atomic E-state index is 12.6. The van der Waals surface area contributed by atoms with Crippen molar-refractivity contribution in [2.75, 3.05) is 7.11 Å². The predicted octanol–water partition coefficient (Wildman–Crippen LogP) is 4.11. The third kappa shape index (κ3) is 3.19. The summed E-state index contributed by atoms with van der Waals surface area (Å²) in [6.07, 6.45) is 2.94. The van der Waals surface area contributed by atoms with E-state index in [4.69, 9.17) is 0 Å². The van der Waals surface area contributed by atoms with Crippen molar-refractivity contribution in [1.29, 1.82) is 0 Å². The van der Waals surface area contributed by atoms with Gasteiger partial charge in [0, 0.05) is 4.47 Å². The number of hydrogen-bond acceptors (Lipinski definition) is 4. The van der Waals surface area contributed by atoms with Crippen LogP contribution in [0, 0.1) is 0 Å². The lowest BCUT2D eigenvalue weighted by Crippen LogP contribution is -2.50. The van der Waals surface area contributed by atoms with Gasteiger partial charge in [0.2, 0.25) is 0 Å². The average Bonchev–Trinajstić information content (AvgIpc) is 3.01. The number of carbonyl (C=O) groups excluding carboxylic acids is 2. The largest absolute Gasteiger partial charge is 0.465 e. The van der Waals surface area contributed by atoms with Gasteiger partial charge in [-0.3, -0.25) is 4.79 Å². The van der Waals surface area contributed by atoms with Crippen LogP contribution in [0.1, 0.15) is 44.2 Å². The molecule has 120 valence electrons. The van der Waals surface area contributed by atoms with Crippen LogP contribution in [0.25, 0.3) is 0 Å². The highest BCUT2D eigenvalue weighted by Crippen LogP contribution is 2.42. The molecular formula is C17H16BrNO3S. The van der Waals surface area contributed by atoms with Crippen molar-refractivity contribution in [1.82, 2.24) is 5.32 Å². The molecule has 23 heavy (non-hydrogen) atoms. The van der Waals surface area contributed by atoms with Crippen molar-refractivity contribution in [3.8, 4) is 0 Å². The Balaban J connectivity index is 1.79. The molecule has 0 radical (unpaired) electrons. The fourth-order valence-electron chi connectivity index (χ4n) is 2.73. The zero-order valence-corrected chi connectivity index (χ0v) is 15.0. The quantitative estimate of drug-likeness (QED) is 0.795. The molecule has 0 bridgehead atoms. The van der Waals surface area contributed by atoms with Gasteiger partial charge in [-0.05, 0) is 49.1 Å². The molecule has 1 aliphatic carbocycles. The number of thiophene rings is 1. The highest BCUT2D eigenvalue weighted by Gasteiger charge is 2.40. The number of methoxy groups -OCH3 is 1. The second-order valence-electron chi connectivity index (χ2n) is 5.55. The van der Waals surface area contributed by atoms with E-state index in [-0.39, 0.29) is 11.4 Å². The summed E-state index contributed by atoms with van der Waals surface area (Å²) in [4.78, 5) is 25.0. The molecule has 3 rings (SSSR count). The van der Waals surface area contributed by atoms with Crippen LogP contribution in [0.15, 0.2) is 40.9 Å². The molecular weight excluding hydrogens is 378 g/mol. The molecule has 0 aliphatic heterocycles. The summed E-state index contributed by atoms with van der Waals surface area (Å²) in [6.45, 7) is 0. The maximum Gasteiger partial charge on any atom is 0.348 e. The van der Waals surface area contributed by atoms with Crippen LogP contribution in [0.2, 0.25) is 0 Å². The Morgan fingerprint density at radius 2 is 1.78 bits per heavy atom. The first-order valence-electron chi connectivity index (χ1n) is 7.31. The number of hydrogen-bond donors (Lipinski definition) is 1. The molecule has 1 aliphatic rings. The molecule has 0 saturated heterocycles. The second-order valence-corrected chi connectivity index (χ2v) is 7.55. The van der Waals surface area contributed by atoms with Gasteiger partial charge in [0.25, 0.3) is 5.91 Å². The van der Waals surface area contributed by atoms with Gasteiger partial charge in [-0.15, -0.1) is 11.3 Å². The summed E-state index contributed by atoms with van der Waals surface area (Å²) >= 11 is 4.59. The van der Waals surface area contributed by atoms with Gasteiger partial charge in [-0.25, -0.2) is 4.79 Å². The van der Waals surface area contributed by atoms with Crippen LogP contribution < -0.4 is 5.32 Å². The van der Waals surface area contributed by atoms with Gasteiger partial charge in [0.1, 0.15) is 4.88 Å². The topological polar surface area (TPSA) is 55.4 Å². The first kappa shape index (κ1) is 16.2. The van der Waals surface area contributed by atoms with Crippen molar-refractivity contribution in [3.63, 3.8) is 0 Å². The van der Waals surface area contributed by atoms with E-state index in [0.29, 0.717) is 9.75 Å². The number of amides is 1. The standard InChI is InChI=1S/C17H16BrNO3S/c1-22-16(21)14-8-7-13(23-14)15(20)19-17(9-2-10-17)11-3-5-12(18)6-4-11/h3-8H,2,9-10H2,1H3,(H,19,20). The lowest BCUT2D eigenvalue weighted by Gasteiger charge is -2.43. The van der Waals surface area contributed by atoms with E-state index in [1.807, 2.05) is 24.3 Å². The molecule has 1 amide bonds. The summed E-state index contributed by atoms with van der Waals surface area (Å²) in [5, 5.41) is 3.16. The zero-order valence-electron chi connectivity index (χ0n) is 12.6. The summed E-state index contributed by atoms with van der Waals surface area (Å²) < 4.78 is 5.70. The highest BCUT2D eigenvalue weighted by atomic mass is 79.9. The lowest BCUT2D eigenvalue weighted by atomic mass is 9.72. The molecule has 1 aromatic heterocycles. The molecule has 1 heterocycles. The van der Waals surface area contributed by atoms with Gasteiger partial charge in [-0.2, -0.15) is 0 Å². The Hall–Kier alpha value is -1.66. The van der Waals surface area contributed by atoms with E-state index >= 15 is 0 Å². The predicted molar refractivity (Wildman–Crippen MR) is 92.8 cm³/mol. The lowest BCUT2D eigenvalue weighted by molar-refractivity contribution is 0.0606. The molecule has 4 nitrogen and oxygen atoms in total. The summed E-state index contributed by atoms with van der Waals surface area (Å²) in [6, 6.07) is 11.3. The molecule has 0 atom stereocenters. The van der Waals surface area contributed by atoms with Gasteiger partial charge >= 0.3 is 5.97 Å².